The van der Waals surface area contributed by atoms with E-state index in [9.17, 15) is 14.0 Å². The van der Waals surface area contributed by atoms with E-state index in [0.29, 0.717) is 33.4 Å². The minimum absolute atomic E-state index is 0.00813. The number of halogens is 2. The van der Waals surface area contributed by atoms with E-state index in [0.717, 1.165) is 0 Å². The maximum atomic E-state index is 13.7. The van der Waals surface area contributed by atoms with Crippen molar-refractivity contribution in [3.05, 3.63) is 58.9 Å². The molecular formula is C19H14ClFN4O3. The van der Waals surface area contributed by atoms with E-state index in [4.69, 9.17) is 16.3 Å². The normalized spacial score (nSPS) is 13.2. The Morgan fingerprint density at radius 1 is 1.25 bits per heavy atom. The van der Waals surface area contributed by atoms with Gasteiger partial charge in [-0.15, -0.1) is 11.6 Å². The fourth-order valence-electron chi connectivity index (χ4n) is 3.00. The summed E-state index contributed by atoms with van der Waals surface area (Å²) < 4.78 is 18.6. The van der Waals surface area contributed by atoms with Crippen molar-refractivity contribution in [2.24, 2.45) is 4.99 Å². The number of nitrogens with zero attached hydrogens (tertiary/aromatic N) is 2. The van der Waals surface area contributed by atoms with E-state index >= 15 is 0 Å². The molecule has 0 radical (unpaired) electrons. The van der Waals surface area contributed by atoms with Gasteiger partial charge < -0.3 is 9.72 Å². The number of Topliss-reactive ketones (excluding diaryl/α,β-unsaturated/α-hetero) is 1. The number of nitrogens with one attached hydrogen (secondary N) is 2. The van der Waals surface area contributed by atoms with Gasteiger partial charge in [0.2, 0.25) is 5.95 Å². The first kappa shape index (κ1) is 18.1. The third-order valence-electron chi connectivity index (χ3n) is 4.20. The molecule has 0 saturated heterocycles. The molecule has 7 nitrogen and oxygen atoms in total. The number of ketones is 1. The summed E-state index contributed by atoms with van der Waals surface area (Å²) in [6.45, 7) is 0.0977. The number of hydrogen-bond donors (Lipinski definition) is 2. The Bertz CT molecular complexity index is 1130. The molecule has 0 aliphatic carbocycles. The Labute approximate surface area is 163 Å². The van der Waals surface area contributed by atoms with Gasteiger partial charge in [-0.1, -0.05) is 6.07 Å². The van der Waals surface area contributed by atoms with E-state index in [1.54, 1.807) is 18.2 Å². The van der Waals surface area contributed by atoms with Gasteiger partial charge in [0.1, 0.15) is 19.0 Å². The Morgan fingerprint density at radius 3 is 2.93 bits per heavy atom. The molecule has 0 fully saturated rings. The zero-order chi connectivity index (χ0) is 19.7. The first-order valence-corrected chi connectivity index (χ1v) is 8.96. The van der Waals surface area contributed by atoms with Gasteiger partial charge in [-0.2, -0.15) is 0 Å². The van der Waals surface area contributed by atoms with Crippen LogP contribution in [0.3, 0.4) is 0 Å². The number of aromatic amines is 1. The average molecular weight is 401 g/mol. The number of imidazole rings is 1. The first-order chi connectivity index (χ1) is 13.5. The molecule has 0 bridgehead atoms. The molecule has 0 atom stereocenters. The van der Waals surface area contributed by atoms with Crippen LogP contribution in [0.5, 0.6) is 0 Å². The molecule has 3 aromatic rings. The Balaban J connectivity index is 1.66. The summed E-state index contributed by atoms with van der Waals surface area (Å²) in [4.78, 5) is 35.2. The lowest BCUT2D eigenvalue weighted by atomic mass is 9.92. The summed E-state index contributed by atoms with van der Waals surface area (Å²) in [5, 5.41) is 2.48. The van der Waals surface area contributed by atoms with Crippen LogP contribution >= 0.6 is 11.6 Å². The number of aromatic nitrogens is 2. The highest BCUT2D eigenvalue weighted by Gasteiger charge is 2.22. The van der Waals surface area contributed by atoms with Gasteiger partial charge in [0.15, 0.2) is 5.78 Å². The second kappa shape index (κ2) is 7.40. The lowest BCUT2D eigenvalue weighted by molar-refractivity contribution is 0.1000. The number of carbonyl (C=O) groups is 2. The molecular weight excluding hydrogens is 387 g/mol. The van der Waals surface area contributed by atoms with Crippen LogP contribution in [0.1, 0.15) is 21.5 Å². The van der Waals surface area contributed by atoms with Crippen molar-refractivity contribution >= 4 is 46.2 Å². The largest absolute Gasteiger partial charge is 0.448 e. The second-order valence-corrected chi connectivity index (χ2v) is 6.42. The highest BCUT2D eigenvalue weighted by atomic mass is 35.5. The van der Waals surface area contributed by atoms with Crippen LogP contribution in [0.2, 0.25) is 0 Å². The molecule has 1 amide bonds. The summed E-state index contributed by atoms with van der Waals surface area (Å²) in [6.07, 6.45) is -0.667. The van der Waals surface area contributed by atoms with Crippen LogP contribution < -0.4 is 5.32 Å². The average Bonchev–Trinajstić information content (AvgIpc) is 3.07. The zero-order valence-electron chi connectivity index (χ0n) is 14.5. The highest BCUT2D eigenvalue weighted by molar-refractivity contribution is 6.22. The number of amides is 1. The van der Waals surface area contributed by atoms with Crippen molar-refractivity contribution in [3.8, 4) is 0 Å². The molecule has 2 heterocycles. The van der Waals surface area contributed by atoms with Crippen molar-refractivity contribution in [1.29, 1.82) is 0 Å². The van der Waals surface area contributed by atoms with Crippen LogP contribution in [0.25, 0.3) is 11.0 Å². The maximum Gasteiger partial charge on any atom is 0.414 e. The van der Waals surface area contributed by atoms with Crippen LogP contribution in [0, 0.1) is 5.82 Å². The zero-order valence-corrected chi connectivity index (χ0v) is 15.2. The number of hydrogen-bond acceptors (Lipinski definition) is 5. The number of H-pyrrole nitrogens is 1. The van der Waals surface area contributed by atoms with E-state index in [1.165, 1.54) is 18.2 Å². The molecule has 4 rings (SSSR count). The van der Waals surface area contributed by atoms with Crippen LogP contribution in [0.4, 0.5) is 15.1 Å². The van der Waals surface area contributed by atoms with Crippen molar-refractivity contribution in [1.82, 2.24) is 9.97 Å². The number of carbonyl (C=O) groups excluding carboxylic acids is 2. The standard InChI is InChI=1S/C19H14ClFN4O3/c20-5-6-28-19(27)25-18-23-14-4-1-10(7-15(14)24-18)17-13-8-11(21)2-3-12(13)16(26)9-22-17/h1-4,7-8H,5-6,9H2,(H2,23,24,25,27). The Kier molecular flexibility index (Phi) is 4.79. The first-order valence-electron chi connectivity index (χ1n) is 8.42. The van der Waals surface area contributed by atoms with Gasteiger partial charge in [-0.3, -0.25) is 15.1 Å². The van der Waals surface area contributed by atoms with Gasteiger partial charge in [0, 0.05) is 16.7 Å². The van der Waals surface area contributed by atoms with Crippen LogP contribution in [0.15, 0.2) is 41.4 Å². The van der Waals surface area contributed by atoms with Crippen molar-refractivity contribution < 1.29 is 18.7 Å². The fraction of sp³-hybridized carbons (Fsp3) is 0.158. The number of ether oxygens (including phenoxy) is 1. The molecule has 28 heavy (non-hydrogen) atoms. The summed E-state index contributed by atoms with van der Waals surface area (Å²) in [7, 11) is 0. The van der Waals surface area contributed by atoms with Gasteiger partial charge in [-0.05, 0) is 30.3 Å². The lowest BCUT2D eigenvalue weighted by Gasteiger charge is -2.16. The maximum absolute atomic E-state index is 13.7. The van der Waals surface area contributed by atoms with Crippen molar-refractivity contribution in [2.45, 2.75) is 0 Å². The molecule has 142 valence electrons. The predicted octanol–water partition coefficient (Wildman–Crippen LogP) is 3.52. The van der Waals surface area contributed by atoms with Gasteiger partial charge in [-0.25, -0.2) is 14.2 Å². The molecule has 0 spiro atoms. The van der Waals surface area contributed by atoms with Crippen molar-refractivity contribution in [3.63, 3.8) is 0 Å². The third-order valence-corrected chi connectivity index (χ3v) is 4.36. The summed E-state index contributed by atoms with van der Waals surface area (Å²) in [6, 6.07) is 9.35. The van der Waals surface area contributed by atoms with Gasteiger partial charge in [0.05, 0.1) is 22.6 Å². The number of alkyl halides is 1. The quantitative estimate of drug-likeness (QED) is 0.655. The molecule has 1 aliphatic rings. The molecule has 1 aliphatic heterocycles. The van der Waals surface area contributed by atoms with E-state index < -0.39 is 11.9 Å². The minimum atomic E-state index is -0.667. The summed E-state index contributed by atoms with van der Waals surface area (Å²) >= 11 is 5.47. The number of benzene rings is 2. The predicted molar refractivity (Wildman–Crippen MR) is 103 cm³/mol. The number of aliphatic imine (C=N–C) groups is 1. The summed E-state index contributed by atoms with van der Waals surface area (Å²) in [5.41, 5.74) is 3.39. The summed E-state index contributed by atoms with van der Waals surface area (Å²) in [5.74, 6) is -0.170. The molecule has 2 N–H and O–H groups in total. The number of rotatable bonds is 4. The molecule has 9 heteroatoms. The molecule has 2 aromatic carbocycles. The number of anilines is 1. The molecule has 1 aromatic heterocycles. The van der Waals surface area contributed by atoms with E-state index in [1.807, 2.05) is 0 Å². The molecule has 0 saturated carbocycles. The monoisotopic (exact) mass is 400 g/mol. The fourth-order valence-corrected chi connectivity index (χ4v) is 3.08. The third kappa shape index (κ3) is 3.46. The van der Waals surface area contributed by atoms with Crippen molar-refractivity contribution in [2.75, 3.05) is 24.3 Å². The SMILES string of the molecule is O=C(Nc1nc2ccc(C3=NCC(=O)c4ccc(F)cc43)cc2[nH]1)OCCCl. The highest BCUT2D eigenvalue weighted by Crippen LogP contribution is 2.24. The molecule has 0 unspecified atom stereocenters. The van der Waals surface area contributed by atoms with E-state index in [-0.39, 0.29) is 30.8 Å². The Morgan fingerprint density at radius 2 is 2.11 bits per heavy atom. The smallest absolute Gasteiger partial charge is 0.414 e. The number of fused-ring (bicyclic) bond motifs is 2. The topological polar surface area (TPSA) is 96.4 Å². The van der Waals surface area contributed by atoms with Crippen LogP contribution in [-0.4, -0.2) is 46.6 Å². The Hall–Kier alpha value is -3.26. The lowest BCUT2D eigenvalue weighted by Crippen LogP contribution is -2.20. The second-order valence-electron chi connectivity index (χ2n) is 6.05. The van der Waals surface area contributed by atoms with Gasteiger partial charge in [0.25, 0.3) is 0 Å². The van der Waals surface area contributed by atoms with E-state index in [2.05, 4.69) is 20.3 Å². The van der Waals surface area contributed by atoms with Crippen LogP contribution in [-0.2, 0) is 4.74 Å². The minimum Gasteiger partial charge on any atom is -0.448 e. The van der Waals surface area contributed by atoms with Gasteiger partial charge >= 0.3 is 6.09 Å².